The summed E-state index contributed by atoms with van der Waals surface area (Å²) in [6, 6.07) is 72.4. The molecule has 0 aliphatic carbocycles. The molecule has 3 nitrogen and oxygen atoms in total. The summed E-state index contributed by atoms with van der Waals surface area (Å²) in [6.45, 7) is -0.359. The van der Waals surface area contributed by atoms with E-state index in [4.69, 9.17) is 5.48 Å². The Balaban J connectivity index is 1.15. The summed E-state index contributed by atoms with van der Waals surface area (Å²) < 4.78 is 75.3. The lowest BCUT2D eigenvalue weighted by Crippen LogP contribution is -2.61. The molecule has 0 amide bonds. The largest absolute Gasteiger partial charge is 0.311 e. The molecule has 4 heteroatoms. The van der Waals surface area contributed by atoms with E-state index in [1.54, 1.807) is 4.57 Å². The number of aromatic nitrogens is 1. The number of benzene rings is 11. The van der Waals surface area contributed by atoms with Crippen molar-refractivity contribution in [3.63, 3.8) is 0 Å². The summed E-state index contributed by atoms with van der Waals surface area (Å²) >= 11 is 0. The fraction of sp³-hybridized carbons (Fsp3) is 0. The molecule has 0 spiro atoms. The number of hydrogen-bond donors (Lipinski definition) is 0. The highest BCUT2D eigenvalue weighted by Crippen LogP contribution is 2.48. The zero-order chi connectivity index (χ0) is 53.1. The number of para-hydroxylation sites is 2. The van der Waals surface area contributed by atoms with Crippen molar-refractivity contribution >= 4 is 79.0 Å². The maximum atomic E-state index is 9.60. The number of rotatable bonds is 7. The molecule has 0 N–H and O–H groups in total. The van der Waals surface area contributed by atoms with Gasteiger partial charge in [0, 0.05) is 44.9 Å². The summed E-state index contributed by atoms with van der Waals surface area (Å²) in [5.74, 6) is 0. The summed E-state index contributed by atoms with van der Waals surface area (Å²) in [4.78, 5) is 4.57. The second-order valence-electron chi connectivity index (χ2n) is 17.9. The van der Waals surface area contributed by atoms with Crippen molar-refractivity contribution in [2.75, 3.05) is 9.80 Å². The van der Waals surface area contributed by atoms with Crippen molar-refractivity contribution in [3.8, 4) is 50.2 Å². The van der Waals surface area contributed by atoms with Crippen molar-refractivity contribution in [2.45, 2.75) is 0 Å². The highest BCUT2D eigenvalue weighted by Gasteiger charge is 2.44. The van der Waals surface area contributed by atoms with Crippen LogP contribution in [0.2, 0.25) is 0 Å². The molecular weight excluding hydrogens is 846 g/mol. The van der Waals surface area contributed by atoms with Gasteiger partial charge in [0.2, 0.25) is 0 Å². The van der Waals surface area contributed by atoms with Gasteiger partial charge in [0.25, 0.3) is 6.71 Å². The van der Waals surface area contributed by atoms with Crippen LogP contribution in [-0.2, 0) is 0 Å². The molecule has 2 aliphatic rings. The van der Waals surface area contributed by atoms with E-state index in [-0.39, 0.29) is 52.7 Å². The van der Waals surface area contributed by atoms with Gasteiger partial charge in [-0.2, -0.15) is 0 Å². The Kier molecular flexibility index (Phi) is 7.58. The molecular formula is C66H44BN3. The Hall–Kier alpha value is -9.12. The summed E-state index contributed by atoms with van der Waals surface area (Å²) in [5.41, 5.74) is 17.3. The average Bonchev–Trinajstić information content (AvgIpc) is 3.88. The molecule has 326 valence electrons. The Morgan fingerprint density at radius 2 is 0.700 bits per heavy atom. The molecule has 12 aromatic rings. The average molecular weight is 898 g/mol. The molecule has 70 heavy (non-hydrogen) atoms. The van der Waals surface area contributed by atoms with Gasteiger partial charge in [-0.1, -0.05) is 206 Å². The third-order valence-corrected chi connectivity index (χ3v) is 14.0. The second kappa shape index (κ2) is 16.3. The predicted octanol–water partition coefficient (Wildman–Crippen LogP) is 15.5. The molecule has 1 aromatic heterocycles. The minimum atomic E-state index is -0.491. The monoisotopic (exact) mass is 897 g/mol. The summed E-state index contributed by atoms with van der Waals surface area (Å²) in [6.07, 6.45) is 0. The van der Waals surface area contributed by atoms with Gasteiger partial charge < -0.3 is 14.4 Å². The predicted molar refractivity (Wildman–Crippen MR) is 297 cm³/mol. The molecule has 0 radical (unpaired) electrons. The maximum absolute atomic E-state index is 9.60. The van der Waals surface area contributed by atoms with Gasteiger partial charge in [-0.3, -0.25) is 0 Å². The Morgan fingerprint density at radius 1 is 0.300 bits per heavy atom. The Labute approximate surface area is 419 Å². The number of fused-ring (bicyclic) bond motifs is 7. The fourth-order valence-electron chi connectivity index (χ4n) is 10.9. The zero-order valence-corrected chi connectivity index (χ0v) is 37.7. The lowest BCUT2D eigenvalue weighted by Gasteiger charge is -2.44. The second-order valence-corrected chi connectivity index (χ2v) is 17.9. The highest BCUT2D eigenvalue weighted by atomic mass is 15.2. The number of anilines is 6. The molecule has 0 saturated heterocycles. The first kappa shape index (κ1) is 32.6. The fourth-order valence-corrected chi connectivity index (χ4v) is 10.9. The first-order valence-electron chi connectivity index (χ1n) is 27.5. The smallest absolute Gasteiger partial charge is 0.252 e. The van der Waals surface area contributed by atoms with E-state index in [0.29, 0.717) is 5.69 Å². The van der Waals surface area contributed by atoms with Gasteiger partial charge in [-0.15, -0.1) is 0 Å². The Morgan fingerprint density at radius 3 is 1.20 bits per heavy atom. The van der Waals surface area contributed by atoms with Crippen LogP contribution >= 0.6 is 0 Å². The third-order valence-electron chi connectivity index (χ3n) is 14.0. The molecule has 3 heterocycles. The third kappa shape index (κ3) is 6.45. The minimum absolute atomic E-state index is 0.0191. The van der Waals surface area contributed by atoms with E-state index in [2.05, 4.69) is 168 Å². The minimum Gasteiger partial charge on any atom is -0.311 e. The van der Waals surface area contributed by atoms with Crippen molar-refractivity contribution in [1.82, 2.24) is 4.57 Å². The van der Waals surface area contributed by atoms with Gasteiger partial charge in [-0.05, 0) is 122 Å². The first-order chi connectivity index (χ1) is 38.0. The SMILES string of the molecule is [2H]c1c([2H])c([2H])c2c(c1[2H])c1c([2H])c([2H])c([2H])c([2H])c1n2-c1cc2c3c(c1)N(c1cccc(-c4ccccc4)c1)c1ccc(-c4ccccc4)cc1B3c1cc(-c3ccccc3)ccc1N2c1ccc(-c2ccccc2)cc1. The van der Waals surface area contributed by atoms with E-state index >= 15 is 0 Å². The quantitative estimate of drug-likeness (QED) is 0.148. The van der Waals surface area contributed by atoms with Crippen LogP contribution in [0.3, 0.4) is 0 Å². The van der Waals surface area contributed by atoms with Gasteiger partial charge >= 0.3 is 0 Å². The van der Waals surface area contributed by atoms with E-state index in [0.717, 1.165) is 95.0 Å². The van der Waals surface area contributed by atoms with Crippen molar-refractivity contribution in [1.29, 1.82) is 0 Å². The van der Waals surface area contributed by atoms with Crippen molar-refractivity contribution in [2.24, 2.45) is 0 Å². The maximum Gasteiger partial charge on any atom is 0.252 e. The van der Waals surface area contributed by atoms with Crippen molar-refractivity contribution < 1.29 is 11.0 Å². The first-order valence-corrected chi connectivity index (χ1v) is 23.5. The van der Waals surface area contributed by atoms with E-state index in [1.165, 1.54) is 0 Å². The van der Waals surface area contributed by atoms with Crippen LogP contribution in [0.4, 0.5) is 34.1 Å². The number of hydrogen-bond acceptors (Lipinski definition) is 2. The molecule has 11 aromatic carbocycles. The number of nitrogens with zero attached hydrogens (tertiary/aromatic N) is 3. The lowest BCUT2D eigenvalue weighted by atomic mass is 9.33. The molecule has 0 atom stereocenters. The van der Waals surface area contributed by atoms with Crippen molar-refractivity contribution in [3.05, 3.63) is 267 Å². The van der Waals surface area contributed by atoms with Gasteiger partial charge in [0.15, 0.2) is 0 Å². The van der Waals surface area contributed by atoms with E-state index < -0.39 is 24.2 Å². The molecule has 2 aliphatic heterocycles. The van der Waals surface area contributed by atoms with Gasteiger partial charge in [0.1, 0.15) is 0 Å². The van der Waals surface area contributed by atoms with Crippen LogP contribution < -0.4 is 26.2 Å². The van der Waals surface area contributed by atoms with Gasteiger partial charge in [0.05, 0.1) is 27.7 Å². The topological polar surface area (TPSA) is 11.4 Å². The standard InChI is InChI=1S/C66H44BN3/c1-5-18-45(19-6-1)49-32-36-53(37-33-49)68-62-38-34-51(47-22-9-3-10-23-47)41-58(62)67-59-42-52(48-24-11-4-12-25-48)35-39-63(59)69(54-27-17-26-50(40-54)46-20-7-2-8-21-46)65-44-55(43-64(68)66(65)67)70-60-30-15-13-28-56(60)57-29-14-16-31-61(57)70/h1-44H/i13D,14D,15D,16D,28D,29D,30D,31D. The van der Waals surface area contributed by atoms with Crippen LogP contribution in [0.1, 0.15) is 11.0 Å². The van der Waals surface area contributed by atoms with Crippen LogP contribution in [0.5, 0.6) is 0 Å². The van der Waals surface area contributed by atoms with E-state index in [9.17, 15) is 5.48 Å². The normalized spacial score (nSPS) is 14.1. The Bertz CT molecular complexity index is 4340. The molecule has 14 rings (SSSR count). The summed E-state index contributed by atoms with van der Waals surface area (Å²) in [5, 5.41) is 0.0381. The molecule has 0 bridgehead atoms. The highest BCUT2D eigenvalue weighted by molar-refractivity contribution is 7.00. The molecule has 0 unspecified atom stereocenters. The molecule has 0 saturated carbocycles. The van der Waals surface area contributed by atoms with Gasteiger partial charge in [-0.25, -0.2) is 0 Å². The van der Waals surface area contributed by atoms with Crippen LogP contribution in [0, 0.1) is 0 Å². The molecule has 0 fully saturated rings. The van der Waals surface area contributed by atoms with Crippen LogP contribution in [0.15, 0.2) is 267 Å². The zero-order valence-electron chi connectivity index (χ0n) is 45.7. The lowest BCUT2D eigenvalue weighted by molar-refractivity contribution is 1.16. The van der Waals surface area contributed by atoms with E-state index in [1.807, 2.05) is 60.7 Å². The van der Waals surface area contributed by atoms with Crippen LogP contribution in [0.25, 0.3) is 72.0 Å². The van der Waals surface area contributed by atoms with Crippen LogP contribution in [-0.4, -0.2) is 11.3 Å². The summed E-state index contributed by atoms with van der Waals surface area (Å²) in [7, 11) is 0.